The summed E-state index contributed by atoms with van der Waals surface area (Å²) in [6, 6.07) is 12.9. The molecule has 0 fully saturated rings. The Morgan fingerprint density at radius 2 is 2.15 bits per heavy atom. The van der Waals surface area contributed by atoms with Gasteiger partial charge in [-0.1, -0.05) is 25.1 Å². The average Bonchev–Trinajstić information content (AvgIpc) is 3.00. The van der Waals surface area contributed by atoms with Crippen molar-refractivity contribution in [3.05, 3.63) is 58.4 Å². The Morgan fingerprint density at radius 3 is 2.95 bits per heavy atom. The van der Waals surface area contributed by atoms with Gasteiger partial charge >= 0.3 is 0 Å². The number of hydrogen-bond acceptors (Lipinski definition) is 3. The highest BCUT2D eigenvalue weighted by atomic mass is 32.1. The largest absolute Gasteiger partial charge is 0.384 e. The summed E-state index contributed by atoms with van der Waals surface area (Å²) in [6.07, 6.45) is 4.00. The first kappa shape index (κ1) is 13.1. The minimum atomic E-state index is 0.954. The number of rotatable bonds is 5. The van der Waals surface area contributed by atoms with Gasteiger partial charge in [0.05, 0.1) is 5.52 Å². The first-order valence-electron chi connectivity index (χ1n) is 7.00. The van der Waals surface area contributed by atoms with Gasteiger partial charge in [-0.05, 0) is 42.0 Å². The van der Waals surface area contributed by atoms with Crippen LogP contribution in [0.15, 0.2) is 48.0 Å². The second-order valence-corrected chi connectivity index (χ2v) is 5.85. The molecule has 0 bridgehead atoms. The van der Waals surface area contributed by atoms with Crippen LogP contribution in [0.3, 0.4) is 0 Å². The summed E-state index contributed by atoms with van der Waals surface area (Å²) >= 11 is 1.81. The van der Waals surface area contributed by atoms with Crippen LogP contribution in [0.4, 0.5) is 5.69 Å². The average molecular weight is 282 g/mol. The number of anilines is 1. The van der Waals surface area contributed by atoms with Gasteiger partial charge in [-0.2, -0.15) is 0 Å². The van der Waals surface area contributed by atoms with E-state index in [-0.39, 0.29) is 0 Å². The van der Waals surface area contributed by atoms with Crippen LogP contribution in [-0.4, -0.2) is 11.5 Å². The molecule has 2 aromatic heterocycles. The van der Waals surface area contributed by atoms with Crippen molar-refractivity contribution in [2.24, 2.45) is 0 Å². The minimum absolute atomic E-state index is 0.954. The van der Waals surface area contributed by atoms with Crippen molar-refractivity contribution in [2.75, 3.05) is 11.9 Å². The van der Waals surface area contributed by atoms with E-state index in [1.165, 1.54) is 21.5 Å². The lowest BCUT2D eigenvalue weighted by atomic mass is 10.1. The molecule has 0 amide bonds. The lowest BCUT2D eigenvalue weighted by Gasteiger charge is -2.09. The van der Waals surface area contributed by atoms with Crippen LogP contribution in [-0.2, 0) is 12.8 Å². The zero-order chi connectivity index (χ0) is 13.8. The molecule has 2 nitrogen and oxygen atoms in total. The second kappa shape index (κ2) is 6.06. The SMILES string of the molecule is CCc1ccc2c(NCCc3cccs3)ccnc2c1. The van der Waals surface area contributed by atoms with Crippen molar-refractivity contribution in [2.45, 2.75) is 19.8 Å². The number of hydrogen-bond donors (Lipinski definition) is 1. The van der Waals surface area contributed by atoms with E-state index < -0.39 is 0 Å². The summed E-state index contributed by atoms with van der Waals surface area (Å²) in [7, 11) is 0. The molecule has 0 saturated heterocycles. The zero-order valence-electron chi connectivity index (χ0n) is 11.6. The minimum Gasteiger partial charge on any atom is -0.384 e. The normalized spacial score (nSPS) is 10.8. The Morgan fingerprint density at radius 1 is 1.20 bits per heavy atom. The second-order valence-electron chi connectivity index (χ2n) is 4.82. The highest BCUT2D eigenvalue weighted by Crippen LogP contribution is 2.23. The maximum absolute atomic E-state index is 4.47. The Hall–Kier alpha value is -1.87. The molecule has 1 N–H and O–H groups in total. The molecule has 20 heavy (non-hydrogen) atoms. The van der Waals surface area contributed by atoms with E-state index in [0.717, 1.165) is 24.9 Å². The van der Waals surface area contributed by atoms with E-state index in [0.29, 0.717) is 0 Å². The summed E-state index contributed by atoms with van der Waals surface area (Å²) in [5.74, 6) is 0. The fourth-order valence-corrected chi connectivity index (χ4v) is 3.05. The maximum Gasteiger partial charge on any atom is 0.0725 e. The van der Waals surface area contributed by atoms with E-state index in [1.54, 1.807) is 0 Å². The molecule has 3 aromatic rings. The molecule has 102 valence electrons. The summed E-state index contributed by atoms with van der Waals surface area (Å²) in [6.45, 7) is 3.12. The van der Waals surface area contributed by atoms with Crippen LogP contribution in [0.25, 0.3) is 10.9 Å². The van der Waals surface area contributed by atoms with Crippen LogP contribution < -0.4 is 5.32 Å². The van der Waals surface area contributed by atoms with Crippen molar-refractivity contribution in [1.29, 1.82) is 0 Å². The number of aromatic nitrogens is 1. The highest BCUT2D eigenvalue weighted by Gasteiger charge is 2.02. The molecule has 3 heteroatoms. The molecule has 0 spiro atoms. The monoisotopic (exact) mass is 282 g/mol. The van der Waals surface area contributed by atoms with Crippen LogP contribution in [0.1, 0.15) is 17.4 Å². The Balaban J connectivity index is 1.77. The van der Waals surface area contributed by atoms with E-state index in [4.69, 9.17) is 0 Å². The van der Waals surface area contributed by atoms with Crippen LogP contribution in [0, 0.1) is 0 Å². The number of aryl methyl sites for hydroxylation is 1. The summed E-state index contributed by atoms with van der Waals surface area (Å²) < 4.78 is 0. The Labute approximate surface area is 123 Å². The number of pyridine rings is 1. The van der Waals surface area contributed by atoms with Crippen LogP contribution >= 0.6 is 11.3 Å². The van der Waals surface area contributed by atoms with Crippen molar-refractivity contribution in [3.8, 4) is 0 Å². The maximum atomic E-state index is 4.47. The van der Waals surface area contributed by atoms with Crippen molar-refractivity contribution >= 4 is 27.9 Å². The molecular formula is C17H18N2S. The van der Waals surface area contributed by atoms with Gasteiger partial charge in [0.2, 0.25) is 0 Å². The van der Waals surface area contributed by atoms with Gasteiger partial charge in [-0.25, -0.2) is 0 Å². The predicted octanol–water partition coefficient (Wildman–Crippen LogP) is 4.51. The number of fused-ring (bicyclic) bond motifs is 1. The van der Waals surface area contributed by atoms with Gasteiger partial charge in [-0.15, -0.1) is 11.3 Å². The quantitative estimate of drug-likeness (QED) is 0.744. The molecule has 3 rings (SSSR count). The molecule has 0 aliphatic carbocycles. The fraction of sp³-hybridized carbons (Fsp3) is 0.235. The first-order chi connectivity index (χ1) is 9.86. The third-order valence-corrected chi connectivity index (χ3v) is 4.42. The van der Waals surface area contributed by atoms with Gasteiger partial charge in [0.25, 0.3) is 0 Å². The Kier molecular flexibility index (Phi) is 3.97. The molecule has 0 atom stereocenters. The predicted molar refractivity (Wildman–Crippen MR) is 87.6 cm³/mol. The smallest absolute Gasteiger partial charge is 0.0725 e. The van der Waals surface area contributed by atoms with Crippen molar-refractivity contribution < 1.29 is 0 Å². The number of benzene rings is 1. The zero-order valence-corrected chi connectivity index (χ0v) is 12.4. The fourth-order valence-electron chi connectivity index (χ4n) is 2.34. The van der Waals surface area contributed by atoms with Crippen molar-refractivity contribution in [3.63, 3.8) is 0 Å². The third kappa shape index (κ3) is 2.83. The Bertz CT molecular complexity index is 689. The molecule has 0 saturated carbocycles. The highest BCUT2D eigenvalue weighted by molar-refractivity contribution is 7.09. The van der Waals surface area contributed by atoms with E-state index >= 15 is 0 Å². The van der Waals surface area contributed by atoms with Crippen LogP contribution in [0.2, 0.25) is 0 Å². The van der Waals surface area contributed by atoms with Gasteiger partial charge in [0.15, 0.2) is 0 Å². The van der Waals surface area contributed by atoms with E-state index in [1.807, 2.05) is 17.5 Å². The van der Waals surface area contributed by atoms with Gasteiger partial charge in [0, 0.05) is 28.7 Å². The molecule has 0 radical (unpaired) electrons. The molecule has 0 aliphatic heterocycles. The summed E-state index contributed by atoms with van der Waals surface area (Å²) in [5.41, 5.74) is 3.58. The number of nitrogens with one attached hydrogen (secondary N) is 1. The number of thiophene rings is 1. The van der Waals surface area contributed by atoms with E-state index in [2.05, 4.69) is 59.0 Å². The summed E-state index contributed by atoms with van der Waals surface area (Å²) in [5, 5.41) is 6.86. The van der Waals surface area contributed by atoms with Gasteiger partial charge < -0.3 is 5.32 Å². The third-order valence-electron chi connectivity index (χ3n) is 3.48. The molecule has 0 aliphatic rings. The molecule has 2 heterocycles. The molecule has 1 aromatic carbocycles. The van der Waals surface area contributed by atoms with Crippen LogP contribution in [0.5, 0.6) is 0 Å². The van der Waals surface area contributed by atoms with Gasteiger partial charge in [0.1, 0.15) is 0 Å². The molecular weight excluding hydrogens is 264 g/mol. The first-order valence-corrected chi connectivity index (χ1v) is 7.88. The lowest BCUT2D eigenvalue weighted by molar-refractivity contribution is 1.05. The van der Waals surface area contributed by atoms with Crippen molar-refractivity contribution in [1.82, 2.24) is 4.98 Å². The standard InChI is InChI=1S/C17H18N2S/c1-2-13-5-6-15-16(8-10-19-17(15)12-13)18-9-7-14-4-3-11-20-14/h3-6,8,10-12H,2,7,9H2,1H3,(H,18,19). The number of nitrogens with zero attached hydrogens (tertiary/aromatic N) is 1. The lowest BCUT2D eigenvalue weighted by Crippen LogP contribution is -2.04. The van der Waals surface area contributed by atoms with Gasteiger partial charge in [-0.3, -0.25) is 4.98 Å². The summed E-state index contributed by atoms with van der Waals surface area (Å²) in [4.78, 5) is 5.89. The van der Waals surface area contributed by atoms with E-state index in [9.17, 15) is 0 Å². The molecule has 0 unspecified atom stereocenters. The topological polar surface area (TPSA) is 24.9 Å².